The first-order valence-electron chi connectivity index (χ1n) is 7.97. The zero-order valence-electron chi connectivity index (χ0n) is 13.4. The number of carbonyl (C=O) groups excluding carboxylic acids is 1. The lowest BCUT2D eigenvalue weighted by atomic mass is 10.0. The van der Waals surface area contributed by atoms with Crippen LogP contribution in [0.2, 0.25) is 0 Å². The number of thiazole rings is 1. The predicted molar refractivity (Wildman–Crippen MR) is 97.8 cm³/mol. The molecule has 0 bridgehead atoms. The fourth-order valence-electron chi connectivity index (χ4n) is 2.77. The molecule has 3 rings (SSSR count). The highest BCUT2D eigenvalue weighted by atomic mass is 32.1. The third kappa shape index (κ3) is 3.27. The van der Waals surface area contributed by atoms with E-state index in [-0.39, 0.29) is 11.8 Å². The Bertz CT molecular complexity index is 816. The number of amides is 1. The second-order valence-electron chi connectivity index (χ2n) is 5.57. The Kier molecular flexibility index (Phi) is 4.72. The van der Waals surface area contributed by atoms with Crippen molar-refractivity contribution in [2.24, 2.45) is 5.92 Å². The van der Waals surface area contributed by atoms with Crippen LogP contribution in [0, 0.1) is 5.92 Å². The van der Waals surface area contributed by atoms with Gasteiger partial charge in [-0.3, -0.25) is 4.79 Å². The average molecular weight is 324 g/mol. The summed E-state index contributed by atoms with van der Waals surface area (Å²) < 4.78 is 0. The zero-order valence-corrected chi connectivity index (χ0v) is 14.2. The number of aromatic nitrogens is 1. The lowest BCUT2D eigenvalue weighted by Gasteiger charge is -2.10. The monoisotopic (exact) mass is 324 g/mol. The number of rotatable bonds is 5. The summed E-state index contributed by atoms with van der Waals surface area (Å²) in [5.41, 5.74) is 2.01. The number of anilines is 1. The Balaban J connectivity index is 1.88. The van der Waals surface area contributed by atoms with E-state index in [0.29, 0.717) is 5.13 Å². The van der Waals surface area contributed by atoms with Gasteiger partial charge in [-0.05, 0) is 23.6 Å². The molecule has 0 spiro atoms. The van der Waals surface area contributed by atoms with Crippen molar-refractivity contribution in [3.63, 3.8) is 0 Å². The van der Waals surface area contributed by atoms with Crippen molar-refractivity contribution in [1.82, 2.24) is 4.98 Å². The summed E-state index contributed by atoms with van der Waals surface area (Å²) in [6.45, 7) is 4.08. The van der Waals surface area contributed by atoms with Crippen LogP contribution in [-0.2, 0) is 4.79 Å². The van der Waals surface area contributed by atoms with Crippen LogP contribution in [0.4, 0.5) is 5.13 Å². The van der Waals surface area contributed by atoms with E-state index in [9.17, 15) is 4.79 Å². The van der Waals surface area contributed by atoms with Gasteiger partial charge in [0.15, 0.2) is 5.13 Å². The van der Waals surface area contributed by atoms with Crippen LogP contribution in [0.25, 0.3) is 22.0 Å². The van der Waals surface area contributed by atoms with Crippen LogP contribution in [0.1, 0.15) is 26.7 Å². The summed E-state index contributed by atoms with van der Waals surface area (Å²) in [4.78, 5) is 16.8. The van der Waals surface area contributed by atoms with E-state index >= 15 is 0 Å². The van der Waals surface area contributed by atoms with E-state index in [0.717, 1.165) is 24.1 Å². The highest BCUT2D eigenvalue weighted by Crippen LogP contribution is 2.31. The molecule has 0 aliphatic heterocycles. The first-order chi connectivity index (χ1) is 11.2. The summed E-state index contributed by atoms with van der Waals surface area (Å²) in [7, 11) is 0. The highest BCUT2D eigenvalue weighted by Gasteiger charge is 2.16. The van der Waals surface area contributed by atoms with Gasteiger partial charge in [-0.25, -0.2) is 4.98 Å². The molecule has 1 heterocycles. The highest BCUT2D eigenvalue weighted by molar-refractivity contribution is 7.14. The first-order valence-corrected chi connectivity index (χ1v) is 8.85. The smallest absolute Gasteiger partial charge is 0.229 e. The standard InChI is InChI=1S/C19H20N2OS/c1-3-13(4-2)18(22)21-19-20-17(12-23-19)16-11-7-9-14-8-5-6-10-15(14)16/h5-13H,3-4H2,1-2H3,(H,20,21,22). The van der Waals surface area contributed by atoms with E-state index < -0.39 is 0 Å². The van der Waals surface area contributed by atoms with Crippen molar-refractivity contribution in [2.75, 3.05) is 5.32 Å². The van der Waals surface area contributed by atoms with E-state index in [2.05, 4.69) is 34.6 Å². The molecule has 0 saturated heterocycles. The van der Waals surface area contributed by atoms with Gasteiger partial charge < -0.3 is 5.32 Å². The fraction of sp³-hybridized carbons (Fsp3) is 0.263. The molecule has 0 radical (unpaired) electrons. The molecule has 2 aromatic carbocycles. The molecule has 0 fully saturated rings. The topological polar surface area (TPSA) is 42.0 Å². The van der Waals surface area contributed by atoms with E-state index in [1.165, 1.54) is 22.1 Å². The first kappa shape index (κ1) is 15.7. The molecular weight excluding hydrogens is 304 g/mol. The molecule has 23 heavy (non-hydrogen) atoms. The lowest BCUT2D eigenvalue weighted by Crippen LogP contribution is -2.21. The molecule has 0 saturated carbocycles. The van der Waals surface area contributed by atoms with Crippen LogP contribution < -0.4 is 5.32 Å². The third-order valence-corrected chi connectivity index (χ3v) is 4.91. The molecule has 118 valence electrons. The van der Waals surface area contributed by atoms with Crippen molar-refractivity contribution in [3.8, 4) is 11.3 Å². The zero-order chi connectivity index (χ0) is 16.2. The molecule has 1 N–H and O–H groups in total. The van der Waals surface area contributed by atoms with Gasteiger partial charge in [0, 0.05) is 16.9 Å². The molecule has 3 aromatic rings. The van der Waals surface area contributed by atoms with Gasteiger partial charge in [-0.1, -0.05) is 56.3 Å². The second kappa shape index (κ2) is 6.92. The SMILES string of the molecule is CCC(CC)C(=O)Nc1nc(-c2cccc3ccccc23)cs1. The summed E-state index contributed by atoms with van der Waals surface area (Å²) in [6.07, 6.45) is 1.70. The minimum absolute atomic E-state index is 0.0555. The largest absolute Gasteiger partial charge is 0.302 e. The predicted octanol–water partition coefficient (Wildman–Crippen LogP) is 5.34. The maximum Gasteiger partial charge on any atom is 0.229 e. The van der Waals surface area contributed by atoms with E-state index in [1.807, 2.05) is 37.4 Å². The maximum atomic E-state index is 12.2. The molecule has 0 atom stereocenters. The van der Waals surface area contributed by atoms with Gasteiger partial charge >= 0.3 is 0 Å². The fourth-order valence-corrected chi connectivity index (χ4v) is 3.48. The van der Waals surface area contributed by atoms with Crippen molar-refractivity contribution in [2.45, 2.75) is 26.7 Å². The van der Waals surface area contributed by atoms with E-state index in [4.69, 9.17) is 0 Å². The van der Waals surface area contributed by atoms with Crippen LogP contribution in [0.5, 0.6) is 0 Å². The molecule has 3 nitrogen and oxygen atoms in total. The molecule has 1 amide bonds. The summed E-state index contributed by atoms with van der Waals surface area (Å²) in [5, 5.41) is 8.00. The lowest BCUT2D eigenvalue weighted by molar-refractivity contribution is -0.120. The summed E-state index contributed by atoms with van der Waals surface area (Å²) in [5.74, 6) is 0.119. The minimum atomic E-state index is 0.0555. The van der Waals surface area contributed by atoms with Crippen LogP contribution in [0.15, 0.2) is 47.8 Å². The Morgan fingerprint density at radius 2 is 1.87 bits per heavy atom. The Morgan fingerprint density at radius 3 is 2.65 bits per heavy atom. The number of carbonyl (C=O) groups is 1. The Labute approximate surface area is 140 Å². The number of nitrogens with zero attached hydrogens (tertiary/aromatic N) is 1. The number of fused-ring (bicyclic) bond motifs is 1. The van der Waals surface area contributed by atoms with Gasteiger partial charge in [0.2, 0.25) is 5.91 Å². The Morgan fingerprint density at radius 1 is 1.13 bits per heavy atom. The molecule has 0 unspecified atom stereocenters. The van der Waals surface area contributed by atoms with Gasteiger partial charge in [0.25, 0.3) is 0 Å². The quantitative estimate of drug-likeness (QED) is 0.688. The number of nitrogens with one attached hydrogen (secondary N) is 1. The van der Waals surface area contributed by atoms with Gasteiger partial charge in [0.1, 0.15) is 0 Å². The van der Waals surface area contributed by atoms with Crippen molar-refractivity contribution < 1.29 is 4.79 Å². The molecule has 1 aromatic heterocycles. The third-order valence-electron chi connectivity index (χ3n) is 4.16. The minimum Gasteiger partial charge on any atom is -0.302 e. The van der Waals surface area contributed by atoms with E-state index in [1.54, 1.807) is 0 Å². The molecule has 0 aliphatic carbocycles. The van der Waals surface area contributed by atoms with Crippen LogP contribution in [-0.4, -0.2) is 10.9 Å². The average Bonchev–Trinajstić information content (AvgIpc) is 3.03. The second-order valence-corrected chi connectivity index (χ2v) is 6.43. The molecular formula is C19H20N2OS. The van der Waals surface area contributed by atoms with Gasteiger partial charge in [0.05, 0.1) is 5.69 Å². The van der Waals surface area contributed by atoms with Crippen molar-refractivity contribution in [1.29, 1.82) is 0 Å². The van der Waals surface area contributed by atoms with Crippen LogP contribution in [0.3, 0.4) is 0 Å². The van der Waals surface area contributed by atoms with Gasteiger partial charge in [-0.2, -0.15) is 0 Å². The number of hydrogen-bond acceptors (Lipinski definition) is 3. The van der Waals surface area contributed by atoms with Crippen LogP contribution >= 0.6 is 11.3 Å². The van der Waals surface area contributed by atoms with Gasteiger partial charge in [-0.15, -0.1) is 11.3 Å². The van der Waals surface area contributed by atoms with Crippen molar-refractivity contribution >= 4 is 33.1 Å². The van der Waals surface area contributed by atoms with Crippen molar-refractivity contribution in [3.05, 3.63) is 47.8 Å². The molecule has 4 heteroatoms. The Hall–Kier alpha value is -2.20. The normalized spacial score (nSPS) is 11.1. The maximum absolute atomic E-state index is 12.2. The summed E-state index contributed by atoms with van der Waals surface area (Å²) in [6, 6.07) is 14.5. The molecule has 0 aliphatic rings. The number of benzene rings is 2. The number of hydrogen-bond donors (Lipinski definition) is 1. The summed E-state index contributed by atoms with van der Waals surface area (Å²) >= 11 is 1.48.